The van der Waals surface area contributed by atoms with Crippen LogP contribution in [0.15, 0.2) is 36.5 Å². The van der Waals surface area contributed by atoms with Gasteiger partial charge in [-0.25, -0.2) is 0 Å². The van der Waals surface area contributed by atoms with Gasteiger partial charge in [0.15, 0.2) is 0 Å². The molecule has 0 bridgehead atoms. The number of nitrogens with zero attached hydrogens (tertiary/aromatic N) is 1. The Bertz CT molecular complexity index is 766. The summed E-state index contributed by atoms with van der Waals surface area (Å²) in [7, 11) is 0. The summed E-state index contributed by atoms with van der Waals surface area (Å²) in [4.78, 5) is 16.9. The summed E-state index contributed by atoms with van der Waals surface area (Å²) < 4.78 is 0. The molecule has 2 aliphatic heterocycles. The van der Waals surface area contributed by atoms with Gasteiger partial charge in [0, 0.05) is 29.5 Å². The molecule has 1 aromatic heterocycles. The van der Waals surface area contributed by atoms with Gasteiger partial charge in [0.1, 0.15) is 0 Å². The van der Waals surface area contributed by atoms with E-state index in [1.165, 1.54) is 11.3 Å². The second-order valence-corrected chi connectivity index (χ2v) is 7.05. The Morgan fingerprint density at radius 3 is 2.80 bits per heavy atom. The van der Waals surface area contributed by atoms with Gasteiger partial charge in [-0.15, -0.1) is 0 Å². The van der Waals surface area contributed by atoms with Crippen LogP contribution in [0.5, 0.6) is 0 Å². The minimum Gasteiger partial charge on any atom is -0.382 e. The number of carbonyl (C=O) groups excluding carboxylic acids is 1. The smallest absolute Gasteiger partial charge is 0.253 e. The first-order valence-electron chi connectivity index (χ1n) is 9.06. The van der Waals surface area contributed by atoms with E-state index in [1.807, 2.05) is 12.1 Å². The molecule has 3 heterocycles. The van der Waals surface area contributed by atoms with Crippen LogP contribution in [-0.2, 0) is 6.42 Å². The molecule has 1 aromatic carbocycles. The number of aromatic nitrogens is 1. The van der Waals surface area contributed by atoms with E-state index >= 15 is 0 Å². The fourth-order valence-electron chi connectivity index (χ4n) is 3.64. The van der Waals surface area contributed by atoms with Gasteiger partial charge in [0.25, 0.3) is 5.91 Å². The Hall–Kier alpha value is -2.40. The van der Waals surface area contributed by atoms with Crippen LogP contribution < -0.4 is 16.0 Å². The van der Waals surface area contributed by atoms with E-state index < -0.39 is 0 Å². The van der Waals surface area contributed by atoms with E-state index in [0.717, 1.165) is 43.6 Å². The average molecular weight is 336 g/mol. The van der Waals surface area contributed by atoms with Gasteiger partial charge < -0.3 is 16.0 Å². The van der Waals surface area contributed by atoms with E-state index in [9.17, 15) is 4.79 Å². The van der Waals surface area contributed by atoms with Crippen LogP contribution in [0.2, 0.25) is 0 Å². The van der Waals surface area contributed by atoms with E-state index in [-0.39, 0.29) is 11.9 Å². The van der Waals surface area contributed by atoms with Crippen LogP contribution in [0.3, 0.4) is 0 Å². The number of fused-ring (bicyclic) bond motifs is 1. The topological polar surface area (TPSA) is 66.0 Å². The number of rotatable bonds is 3. The second kappa shape index (κ2) is 6.84. The normalized spacial score (nSPS) is 20.0. The Labute approximate surface area is 148 Å². The molecule has 130 valence electrons. The highest BCUT2D eigenvalue weighted by Crippen LogP contribution is 2.30. The summed E-state index contributed by atoms with van der Waals surface area (Å²) in [6.07, 6.45) is 4.69. The third-order valence-electron chi connectivity index (χ3n) is 5.03. The van der Waals surface area contributed by atoms with Gasteiger partial charge in [0.05, 0.1) is 11.3 Å². The lowest BCUT2D eigenvalue weighted by atomic mass is 10.0. The molecule has 1 atom stereocenters. The first kappa shape index (κ1) is 16.1. The highest BCUT2D eigenvalue weighted by molar-refractivity contribution is 5.94. The highest BCUT2D eigenvalue weighted by Gasteiger charge is 2.18. The van der Waals surface area contributed by atoms with E-state index in [0.29, 0.717) is 11.6 Å². The first-order valence-corrected chi connectivity index (χ1v) is 9.06. The highest BCUT2D eigenvalue weighted by atomic mass is 16.1. The number of hydrogen-bond acceptors (Lipinski definition) is 4. The van der Waals surface area contributed by atoms with E-state index in [2.05, 4.69) is 46.1 Å². The molecule has 1 saturated heterocycles. The Morgan fingerprint density at radius 1 is 1.20 bits per heavy atom. The maximum absolute atomic E-state index is 12.4. The molecule has 5 nitrogen and oxygen atoms in total. The first-order chi connectivity index (χ1) is 12.2. The molecule has 0 aliphatic carbocycles. The molecule has 0 unspecified atom stereocenters. The molecular weight excluding hydrogens is 312 g/mol. The van der Waals surface area contributed by atoms with E-state index in [4.69, 9.17) is 0 Å². The van der Waals surface area contributed by atoms with Crippen molar-refractivity contribution in [1.82, 2.24) is 15.6 Å². The summed E-state index contributed by atoms with van der Waals surface area (Å²) in [5.74, 6) is -0.0297. The lowest BCUT2D eigenvalue weighted by molar-refractivity contribution is 0.0929. The monoisotopic (exact) mass is 336 g/mol. The fraction of sp³-hybridized carbons (Fsp3) is 0.400. The largest absolute Gasteiger partial charge is 0.382 e. The standard InChI is InChI=1S/C20H24N4O/c1-13-10-16-11-14(2-5-19(16)23-13)18-4-3-15(12-22-18)20(25)24-17-6-8-21-9-7-17/h2-5,11-13,17,21,23H,6-10H2,1H3,(H,24,25)/t13-/m0/s1. The molecule has 4 rings (SSSR count). The molecule has 5 heteroatoms. The number of benzene rings is 1. The summed E-state index contributed by atoms with van der Waals surface area (Å²) >= 11 is 0. The van der Waals surface area contributed by atoms with Gasteiger partial charge >= 0.3 is 0 Å². The molecule has 2 aromatic rings. The van der Waals surface area contributed by atoms with Crippen LogP contribution in [0.25, 0.3) is 11.3 Å². The SMILES string of the molecule is C[C@H]1Cc2cc(-c3ccc(C(=O)NC4CCNCC4)cn3)ccc2N1. The van der Waals surface area contributed by atoms with Crippen molar-refractivity contribution in [1.29, 1.82) is 0 Å². The Balaban J connectivity index is 1.46. The number of hydrogen-bond donors (Lipinski definition) is 3. The summed E-state index contributed by atoms with van der Waals surface area (Å²) in [6, 6.07) is 11.0. The van der Waals surface area contributed by atoms with Crippen molar-refractivity contribution in [3.05, 3.63) is 47.7 Å². The van der Waals surface area contributed by atoms with Crippen LogP contribution in [0.1, 0.15) is 35.7 Å². The molecular formula is C20H24N4O. The molecule has 25 heavy (non-hydrogen) atoms. The predicted molar refractivity (Wildman–Crippen MR) is 99.8 cm³/mol. The number of anilines is 1. The summed E-state index contributed by atoms with van der Waals surface area (Å²) in [6.45, 7) is 4.12. The minimum atomic E-state index is -0.0297. The van der Waals surface area contributed by atoms with Crippen LogP contribution in [0.4, 0.5) is 5.69 Å². The minimum absolute atomic E-state index is 0.0297. The Kier molecular flexibility index (Phi) is 4.40. The van der Waals surface area contributed by atoms with Crippen LogP contribution >= 0.6 is 0 Å². The molecule has 0 spiro atoms. The molecule has 1 amide bonds. The van der Waals surface area contributed by atoms with Crippen molar-refractivity contribution in [2.45, 2.75) is 38.3 Å². The number of nitrogens with one attached hydrogen (secondary N) is 3. The van der Waals surface area contributed by atoms with Crippen molar-refractivity contribution >= 4 is 11.6 Å². The predicted octanol–water partition coefficient (Wildman–Crippen LogP) is 2.59. The maximum atomic E-state index is 12.4. The van der Waals surface area contributed by atoms with Crippen molar-refractivity contribution < 1.29 is 4.79 Å². The van der Waals surface area contributed by atoms with Crippen LogP contribution in [-0.4, -0.2) is 36.1 Å². The average Bonchev–Trinajstić information content (AvgIpc) is 3.02. The van der Waals surface area contributed by atoms with Crippen molar-refractivity contribution in [3.63, 3.8) is 0 Å². The zero-order valence-corrected chi connectivity index (χ0v) is 14.5. The van der Waals surface area contributed by atoms with Crippen molar-refractivity contribution in [2.24, 2.45) is 0 Å². The second-order valence-electron chi connectivity index (χ2n) is 7.05. The van der Waals surface area contributed by atoms with Gasteiger partial charge in [-0.3, -0.25) is 9.78 Å². The maximum Gasteiger partial charge on any atom is 0.253 e. The van der Waals surface area contributed by atoms with Crippen LogP contribution in [0, 0.1) is 0 Å². The molecule has 0 radical (unpaired) electrons. The number of piperidine rings is 1. The van der Waals surface area contributed by atoms with Gasteiger partial charge in [-0.1, -0.05) is 6.07 Å². The lowest BCUT2D eigenvalue weighted by Gasteiger charge is -2.23. The quantitative estimate of drug-likeness (QED) is 0.806. The summed E-state index contributed by atoms with van der Waals surface area (Å²) in [5, 5.41) is 9.87. The van der Waals surface area contributed by atoms with Crippen molar-refractivity contribution in [3.8, 4) is 11.3 Å². The van der Waals surface area contributed by atoms with Gasteiger partial charge in [-0.2, -0.15) is 0 Å². The molecule has 3 N–H and O–H groups in total. The third-order valence-corrected chi connectivity index (χ3v) is 5.03. The lowest BCUT2D eigenvalue weighted by Crippen LogP contribution is -2.42. The molecule has 1 fully saturated rings. The number of pyridine rings is 1. The molecule has 0 saturated carbocycles. The number of carbonyl (C=O) groups is 1. The fourth-order valence-corrected chi connectivity index (χ4v) is 3.64. The summed E-state index contributed by atoms with van der Waals surface area (Å²) in [5.41, 5.74) is 5.17. The number of amides is 1. The zero-order chi connectivity index (χ0) is 17.2. The van der Waals surface area contributed by atoms with Gasteiger partial charge in [-0.05, 0) is 69.1 Å². The van der Waals surface area contributed by atoms with Gasteiger partial charge in [0.2, 0.25) is 0 Å². The van der Waals surface area contributed by atoms with E-state index in [1.54, 1.807) is 6.20 Å². The molecule has 2 aliphatic rings. The van der Waals surface area contributed by atoms with Crippen molar-refractivity contribution in [2.75, 3.05) is 18.4 Å². The zero-order valence-electron chi connectivity index (χ0n) is 14.5. The third kappa shape index (κ3) is 3.51. The Morgan fingerprint density at radius 2 is 2.04 bits per heavy atom.